The first-order valence-corrected chi connectivity index (χ1v) is 7.66. The minimum Gasteiger partial charge on any atom is -0.398 e. The maximum absolute atomic E-state index is 12.4. The van der Waals surface area contributed by atoms with Crippen molar-refractivity contribution < 1.29 is 4.21 Å². The van der Waals surface area contributed by atoms with Crippen LogP contribution in [0.4, 0.5) is 5.69 Å². The van der Waals surface area contributed by atoms with Crippen molar-refractivity contribution in [3.63, 3.8) is 0 Å². The van der Waals surface area contributed by atoms with Crippen LogP contribution < -0.4 is 5.73 Å². The van der Waals surface area contributed by atoms with E-state index < -0.39 is 10.8 Å². The summed E-state index contributed by atoms with van der Waals surface area (Å²) < 4.78 is 12.4. The van der Waals surface area contributed by atoms with Crippen LogP contribution in [0.5, 0.6) is 0 Å². The normalized spacial score (nSPS) is 12.4. The molecule has 2 aromatic rings. The first-order chi connectivity index (χ1) is 8.97. The number of rotatable bonds is 3. The van der Waals surface area contributed by atoms with Crippen LogP contribution in [0.2, 0.25) is 5.02 Å². The summed E-state index contributed by atoms with van der Waals surface area (Å²) in [5.41, 5.74) is 9.54. The van der Waals surface area contributed by atoms with Gasteiger partial charge in [-0.3, -0.25) is 4.21 Å². The predicted octanol–water partition coefficient (Wildman–Crippen LogP) is 3.85. The van der Waals surface area contributed by atoms with Crippen molar-refractivity contribution in [2.45, 2.75) is 24.5 Å². The van der Waals surface area contributed by atoms with Gasteiger partial charge in [-0.15, -0.1) is 0 Å². The highest BCUT2D eigenvalue weighted by molar-refractivity contribution is 7.84. The Kier molecular flexibility index (Phi) is 4.27. The SMILES string of the molecule is Cc1ccc(S(=O)Cc2cc(Cl)ccc2N)c(C)c1. The molecule has 0 aliphatic carbocycles. The Labute approximate surface area is 121 Å². The van der Waals surface area contributed by atoms with Gasteiger partial charge in [0.2, 0.25) is 0 Å². The fraction of sp³-hybridized carbons (Fsp3) is 0.200. The van der Waals surface area contributed by atoms with Gasteiger partial charge < -0.3 is 5.73 Å². The van der Waals surface area contributed by atoms with E-state index in [-0.39, 0.29) is 0 Å². The molecule has 0 fully saturated rings. The summed E-state index contributed by atoms with van der Waals surface area (Å²) >= 11 is 5.94. The number of anilines is 1. The lowest BCUT2D eigenvalue weighted by Gasteiger charge is -2.09. The van der Waals surface area contributed by atoms with Crippen molar-refractivity contribution in [1.29, 1.82) is 0 Å². The van der Waals surface area contributed by atoms with Crippen LogP contribution in [-0.2, 0) is 16.6 Å². The molecular weight excluding hydrogens is 278 g/mol. The zero-order chi connectivity index (χ0) is 14.0. The molecule has 0 radical (unpaired) electrons. The first-order valence-electron chi connectivity index (χ1n) is 5.97. The Morgan fingerprint density at radius 2 is 1.89 bits per heavy atom. The van der Waals surface area contributed by atoms with Crippen molar-refractivity contribution >= 4 is 28.1 Å². The Morgan fingerprint density at radius 1 is 1.16 bits per heavy atom. The third-order valence-corrected chi connectivity index (χ3v) is 4.72. The summed E-state index contributed by atoms with van der Waals surface area (Å²) in [6, 6.07) is 11.2. The fourth-order valence-electron chi connectivity index (χ4n) is 1.97. The summed E-state index contributed by atoms with van der Waals surface area (Å²) in [5.74, 6) is 0.385. The molecule has 0 aliphatic rings. The molecule has 2 aromatic carbocycles. The summed E-state index contributed by atoms with van der Waals surface area (Å²) in [5, 5.41) is 0.613. The standard InChI is InChI=1S/C15H16ClNOS/c1-10-3-6-15(11(2)7-10)19(18)9-12-8-13(16)4-5-14(12)17/h3-8H,9,17H2,1-2H3. The van der Waals surface area contributed by atoms with Crippen LogP contribution >= 0.6 is 11.6 Å². The lowest BCUT2D eigenvalue weighted by atomic mass is 10.2. The van der Waals surface area contributed by atoms with Gasteiger partial charge >= 0.3 is 0 Å². The van der Waals surface area contributed by atoms with Gasteiger partial charge in [0, 0.05) is 15.6 Å². The van der Waals surface area contributed by atoms with Crippen molar-refractivity contribution in [2.24, 2.45) is 0 Å². The second kappa shape index (κ2) is 5.76. The van der Waals surface area contributed by atoms with E-state index in [4.69, 9.17) is 17.3 Å². The monoisotopic (exact) mass is 293 g/mol. The molecule has 0 heterocycles. The van der Waals surface area contributed by atoms with E-state index in [2.05, 4.69) is 0 Å². The number of hydrogen-bond donors (Lipinski definition) is 1. The largest absolute Gasteiger partial charge is 0.398 e. The van der Waals surface area contributed by atoms with E-state index >= 15 is 0 Å². The molecule has 0 saturated heterocycles. The van der Waals surface area contributed by atoms with Crippen LogP contribution in [0, 0.1) is 13.8 Å². The predicted molar refractivity (Wildman–Crippen MR) is 81.9 cm³/mol. The number of halogens is 1. The Bertz CT molecular complexity index is 640. The van der Waals surface area contributed by atoms with E-state index in [0.717, 1.165) is 16.0 Å². The number of hydrogen-bond acceptors (Lipinski definition) is 2. The van der Waals surface area contributed by atoms with Crippen LogP contribution in [0.25, 0.3) is 0 Å². The van der Waals surface area contributed by atoms with E-state index in [1.165, 1.54) is 5.56 Å². The molecule has 0 saturated carbocycles. The second-order valence-corrected chi connectivity index (χ2v) is 6.46. The van der Waals surface area contributed by atoms with Crippen molar-refractivity contribution in [3.05, 3.63) is 58.1 Å². The van der Waals surface area contributed by atoms with Gasteiger partial charge in [-0.05, 0) is 49.2 Å². The van der Waals surface area contributed by atoms with Gasteiger partial charge in [-0.1, -0.05) is 29.3 Å². The van der Waals surface area contributed by atoms with E-state index in [1.807, 2.05) is 32.0 Å². The smallest absolute Gasteiger partial charge is 0.0577 e. The fourth-order valence-corrected chi connectivity index (χ4v) is 3.49. The molecule has 0 amide bonds. The number of benzene rings is 2. The van der Waals surface area contributed by atoms with E-state index in [1.54, 1.807) is 18.2 Å². The molecule has 19 heavy (non-hydrogen) atoms. The lowest BCUT2D eigenvalue weighted by molar-refractivity contribution is 0.682. The quantitative estimate of drug-likeness (QED) is 0.874. The van der Waals surface area contributed by atoms with Gasteiger partial charge in [-0.25, -0.2) is 0 Å². The molecule has 2 nitrogen and oxygen atoms in total. The highest BCUT2D eigenvalue weighted by Gasteiger charge is 2.10. The Hall–Kier alpha value is -1.32. The summed E-state index contributed by atoms with van der Waals surface area (Å²) in [4.78, 5) is 0.852. The highest BCUT2D eigenvalue weighted by Crippen LogP contribution is 2.23. The summed E-state index contributed by atoms with van der Waals surface area (Å²) in [6.45, 7) is 4.00. The van der Waals surface area contributed by atoms with Gasteiger partial charge in [0.25, 0.3) is 0 Å². The zero-order valence-electron chi connectivity index (χ0n) is 10.9. The van der Waals surface area contributed by atoms with Crippen LogP contribution in [-0.4, -0.2) is 4.21 Å². The average molecular weight is 294 g/mol. The van der Waals surface area contributed by atoms with Crippen molar-refractivity contribution in [3.8, 4) is 0 Å². The Balaban J connectivity index is 2.28. The zero-order valence-corrected chi connectivity index (χ0v) is 12.5. The van der Waals surface area contributed by atoms with Crippen molar-refractivity contribution in [2.75, 3.05) is 5.73 Å². The van der Waals surface area contributed by atoms with Gasteiger partial charge in [-0.2, -0.15) is 0 Å². The average Bonchev–Trinajstić information content (AvgIpc) is 2.33. The molecule has 2 N–H and O–H groups in total. The van der Waals surface area contributed by atoms with Crippen molar-refractivity contribution in [1.82, 2.24) is 0 Å². The number of aryl methyl sites for hydroxylation is 2. The lowest BCUT2D eigenvalue weighted by Crippen LogP contribution is -2.02. The highest BCUT2D eigenvalue weighted by atomic mass is 35.5. The van der Waals surface area contributed by atoms with E-state index in [0.29, 0.717) is 16.5 Å². The molecule has 2 rings (SSSR count). The summed E-state index contributed by atoms with van der Waals surface area (Å²) in [7, 11) is -1.11. The molecular formula is C15H16ClNOS. The summed E-state index contributed by atoms with van der Waals surface area (Å²) in [6.07, 6.45) is 0. The molecule has 0 aromatic heterocycles. The Morgan fingerprint density at radius 3 is 2.58 bits per heavy atom. The molecule has 0 bridgehead atoms. The molecule has 1 unspecified atom stereocenters. The first kappa shape index (κ1) is 14.1. The minimum absolute atomic E-state index is 0.385. The van der Waals surface area contributed by atoms with Gasteiger partial charge in [0.1, 0.15) is 0 Å². The third-order valence-electron chi connectivity index (χ3n) is 2.97. The van der Waals surface area contributed by atoms with Gasteiger partial charge in [0.15, 0.2) is 0 Å². The van der Waals surface area contributed by atoms with Crippen LogP contribution in [0.1, 0.15) is 16.7 Å². The molecule has 0 spiro atoms. The minimum atomic E-state index is -1.11. The molecule has 100 valence electrons. The third kappa shape index (κ3) is 3.37. The molecule has 0 aliphatic heterocycles. The maximum Gasteiger partial charge on any atom is 0.0577 e. The van der Waals surface area contributed by atoms with Crippen LogP contribution in [0.3, 0.4) is 0 Å². The molecule has 4 heteroatoms. The molecule has 1 atom stereocenters. The number of nitrogens with two attached hydrogens (primary N) is 1. The van der Waals surface area contributed by atoms with Crippen LogP contribution in [0.15, 0.2) is 41.3 Å². The maximum atomic E-state index is 12.4. The van der Waals surface area contributed by atoms with Gasteiger partial charge in [0.05, 0.1) is 16.6 Å². The second-order valence-electron chi connectivity index (χ2n) is 4.60. The number of nitrogen functional groups attached to an aromatic ring is 1. The van der Waals surface area contributed by atoms with E-state index in [9.17, 15) is 4.21 Å². The topological polar surface area (TPSA) is 43.1 Å².